The van der Waals surface area contributed by atoms with E-state index in [1.807, 2.05) is 30.3 Å². The maximum atomic E-state index is 13.1. The summed E-state index contributed by atoms with van der Waals surface area (Å²) in [4.78, 5) is 30.3. The molecule has 1 aromatic carbocycles. The fourth-order valence-electron chi connectivity index (χ4n) is 3.14. The zero-order valence-corrected chi connectivity index (χ0v) is 16.9. The molecule has 0 fully saturated rings. The van der Waals surface area contributed by atoms with Crippen LogP contribution in [-0.2, 0) is 27.2 Å². The second kappa shape index (κ2) is 7.16. The average Bonchev–Trinajstić information content (AvgIpc) is 3.30. The summed E-state index contributed by atoms with van der Waals surface area (Å²) in [6.07, 6.45) is 1.59. The quantitative estimate of drug-likeness (QED) is 0.511. The summed E-state index contributed by atoms with van der Waals surface area (Å²) >= 11 is 3.41. The third-order valence-corrected chi connectivity index (χ3v) is 5.08. The van der Waals surface area contributed by atoms with Crippen LogP contribution < -0.4 is 16.6 Å². The van der Waals surface area contributed by atoms with Crippen molar-refractivity contribution in [1.29, 1.82) is 0 Å². The smallest absolute Gasteiger partial charge is 0.332 e. The molecule has 0 bridgehead atoms. The van der Waals surface area contributed by atoms with E-state index in [1.165, 1.54) is 9.13 Å². The molecule has 28 heavy (non-hydrogen) atoms. The van der Waals surface area contributed by atoms with Crippen molar-refractivity contribution in [3.63, 3.8) is 0 Å². The second-order valence-electron chi connectivity index (χ2n) is 6.46. The van der Waals surface area contributed by atoms with Crippen molar-refractivity contribution in [2.45, 2.75) is 13.1 Å². The molecular weight excluding hydrogens is 426 g/mol. The number of fused-ring (bicyclic) bond motifs is 1. The number of imidazole rings is 1. The normalized spacial score (nSPS) is 11.2. The fraction of sp³-hybridized carbons (Fsp3) is 0.211. The van der Waals surface area contributed by atoms with Crippen LogP contribution in [0.5, 0.6) is 0 Å². The summed E-state index contributed by atoms with van der Waals surface area (Å²) in [7, 11) is 3.36. The number of anilines is 1. The van der Waals surface area contributed by atoms with Gasteiger partial charge in [0.2, 0.25) is 5.95 Å². The number of aromatic nitrogens is 4. The molecule has 0 saturated carbocycles. The summed E-state index contributed by atoms with van der Waals surface area (Å²) in [6.45, 7) is 0.603. The lowest BCUT2D eigenvalue weighted by Crippen LogP contribution is -2.39. The predicted octanol–water partition coefficient (Wildman–Crippen LogP) is 2.45. The van der Waals surface area contributed by atoms with E-state index in [1.54, 1.807) is 31.0 Å². The van der Waals surface area contributed by atoms with Gasteiger partial charge in [0.1, 0.15) is 5.76 Å². The van der Waals surface area contributed by atoms with Crippen molar-refractivity contribution in [1.82, 2.24) is 18.7 Å². The van der Waals surface area contributed by atoms with Gasteiger partial charge >= 0.3 is 5.69 Å². The van der Waals surface area contributed by atoms with E-state index in [2.05, 4.69) is 26.2 Å². The minimum Gasteiger partial charge on any atom is -0.467 e. The second-order valence-corrected chi connectivity index (χ2v) is 7.38. The Hall–Kier alpha value is -3.07. The van der Waals surface area contributed by atoms with E-state index >= 15 is 0 Å². The molecule has 0 saturated heterocycles. The Kier molecular flexibility index (Phi) is 4.68. The molecule has 3 heterocycles. The van der Waals surface area contributed by atoms with Crippen molar-refractivity contribution in [2.75, 3.05) is 5.32 Å². The lowest BCUT2D eigenvalue weighted by atomic mass is 10.2. The summed E-state index contributed by atoms with van der Waals surface area (Å²) in [6, 6.07) is 11.2. The van der Waals surface area contributed by atoms with E-state index in [9.17, 15) is 9.59 Å². The number of nitrogens with zero attached hydrogens (tertiary/aromatic N) is 4. The van der Waals surface area contributed by atoms with Crippen LogP contribution in [0, 0.1) is 0 Å². The molecule has 8 nitrogen and oxygen atoms in total. The molecular formula is C19H18BrN5O3. The summed E-state index contributed by atoms with van der Waals surface area (Å²) in [5.41, 5.74) is 0.766. The zero-order chi connectivity index (χ0) is 19.8. The Balaban J connectivity index is 1.79. The molecule has 0 unspecified atom stereocenters. The van der Waals surface area contributed by atoms with Crippen molar-refractivity contribution in [3.05, 3.63) is 79.3 Å². The van der Waals surface area contributed by atoms with E-state index in [0.29, 0.717) is 23.7 Å². The predicted molar refractivity (Wildman–Crippen MR) is 109 cm³/mol. The molecule has 4 aromatic rings. The number of aryl methyl sites for hydroxylation is 2. The first kappa shape index (κ1) is 18.3. The highest BCUT2D eigenvalue weighted by atomic mass is 79.9. The fourth-order valence-corrected chi connectivity index (χ4v) is 3.58. The van der Waals surface area contributed by atoms with Crippen molar-refractivity contribution in [2.24, 2.45) is 14.1 Å². The molecule has 0 atom stereocenters. The van der Waals surface area contributed by atoms with Crippen LogP contribution in [0.1, 0.15) is 11.3 Å². The van der Waals surface area contributed by atoms with Gasteiger partial charge in [-0.1, -0.05) is 28.1 Å². The molecule has 0 radical (unpaired) electrons. The first-order valence-corrected chi connectivity index (χ1v) is 9.42. The van der Waals surface area contributed by atoms with Gasteiger partial charge in [0.25, 0.3) is 5.56 Å². The topological polar surface area (TPSA) is 87.0 Å². The Morgan fingerprint density at radius 2 is 1.96 bits per heavy atom. The first-order chi connectivity index (χ1) is 13.5. The number of nitrogens with one attached hydrogen (secondary N) is 1. The highest BCUT2D eigenvalue weighted by Gasteiger charge is 2.18. The third-order valence-electron chi connectivity index (χ3n) is 4.59. The first-order valence-electron chi connectivity index (χ1n) is 8.62. The molecule has 4 rings (SSSR count). The molecule has 0 spiro atoms. The summed E-state index contributed by atoms with van der Waals surface area (Å²) < 4.78 is 10.5. The summed E-state index contributed by atoms with van der Waals surface area (Å²) in [5.74, 6) is 1.23. The van der Waals surface area contributed by atoms with Gasteiger partial charge < -0.3 is 14.3 Å². The van der Waals surface area contributed by atoms with Crippen molar-refractivity contribution >= 4 is 33.0 Å². The molecule has 9 heteroatoms. The number of rotatable bonds is 5. The van der Waals surface area contributed by atoms with Gasteiger partial charge in [-0.15, -0.1) is 0 Å². The molecule has 144 valence electrons. The highest BCUT2D eigenvalue weighted by Crippen LogP contribution is 2.16. The minimum absolute atomic E-state index is 0.182. The zero-order valence-electron chi connectivity index (χ0n) is 15.3. The maximum absolute atomic E-state index is 13.1. The number of hydrogen-bond donors (Lipinski definition) is 1. The molecule has 0 amide bonds. The highest BCUT2D eigenvalue weighted by molar-refractivity contribution is 9.10. The van der Waals surface area contributed by atoms with Crippen LogP contribution in [0.4, 0.5) is 5.95 Å². The van der Waals surface area contributed by atoms with Gasteiger partial charge in [0.15, 0.2) is 11.2 Å². The van der Waals surface area contributed by atoms with Crippen molar-refractivity contribution in [3.8, 4) is 0 Å². The summed E-state index contributed by atoms with van der Waals surface area (Å²) in [5, 5.41) is 3.14. The van der Waals surface area contributed by atoms with Crippen LogP contribution >= 0.6 is 15.9 Å². The van der Waals surface area contributed by atoms with Crippen LogP contribution in [0.3, 0.4) is 0 Å². The van der Waals surface area contributed by atoms with E-state index in [4.69, 9.17) is 4.42 Å². The van der Waals surface area contributed by atoms with E-state index < -0.39 is 5.69 Å². The number of hydrogen-bond acceptors (Lipinski definition) is 5. The molecule has 0 aliphatic heterocycles. The van der Waals surface area contributed by atoms with E-state index in [0.717, 1.165) is 15.8 Å². The third kappa shape index (κ3) is 3.18. The van der Waals surface area contributed by atoms with Gasteiger partial charge in [-0.05, 0) is 29.8 Å². The van der Waals surface area contributed by atoms with Gasteiger partial charge in [-0.3, -0.25) is 13.9 Å². The van der Waals surface area contributed by atoms with Crippen LogP contribution in [0.2, 0.25) is 0 Å². The number of benzene rings is 1. The van der Waals surface area contributed by atoms with Gasteiger partial charge in [0.05, 0.1) is 19.4 Å². The average molecular weight is 444 g/mol. The van der Waals surface area contributed by atoms with Crippen molar-refractivity contribution < 1.29 is 4.42 Å². The van der Waals surface area contributed by atoms with Crippen LogP contribution in [-0.4, -0.2) is 18.7 Å². The minimum atomic E-state index is -0.409. The Morgan fingerprint density at radius 1 is 1.14 bits per heavy atom. The van der Waals surface area contributed by atoms with Crippen LogP contribution in [0.25, 0.3) is 11.2 Å². The maximum Gasteiger partial charge on any atom is 0.332 e. The Bertz CT molecular complexity index is 1270. The molecule has 0 aliphatic rings. The van der Waals surface area contributed by atoms with Gasteiger partial charge in [-0.2, -0.15) is 4.98 Å². The molecule has 1 N–H and O–H groups in total. The van der Waals surface area contributed by atoms with Gasteiger partial charge in [0, 0.05) is 18.6 Å². The number of halogens is 1. The SMILES string of the molecule is Cn1c(NCc2ccco2)nc2c1c(=O)n(Cc1cccc(Br)c1)c(=O)n2C. The standard InChI is InChI=1S/C19H18BrN5O3/c1-23-15-16(22-18(23)21-10-14-7-4-8-28-14)24(2)19(27)25(17(15)26)11-12-5-3-6-13(20)9-12/h3-9H,10-11H2,1-2H3,(H,21,22). The lowest BCUT2D eigenvalue weighted by molar-refractivity contribution is 0.517. The lowest BCUT2D eigenvalue weighted by Gasteiger charge is -2.09. The largest absolute Gasteiger partial charge is 0.467 e. The van der Waals surface area contributed by atoms with Gasteiger partial charge in [-0.25, -0.2) is 4.79 Å². The molecule has 0 aliphatic carbocycles. The molecule has 3 aromatic heterocycles. The van der Waals surface area contributed by atoms with Crippen LogP contribution in [0.15, 0.2) is 61.1 Å². The van der Waals surface area contributed by atoms with E-state index in [-0.39, 0.29) is 12.1 Å². The Labute approximate surface area is 168 Å². The monoisotopic (exact) mass is 443 g/mol. The number of furan rings is 1. The Morgan fingerprint density at radius 3 is 2.68 bits per heavy atom.